The van der Waals surface area contributed by atoms with Gasteiger partial charge in [-0.05, 0) is 40.2 Å². The van der Waals surface area contributed by atoms with Crippen molar-refractivity contribution < 1.29 is 17.6 Å². The minimum atomic E-state index is -3.63. The van der Waals surface area contributed by atoms with Gasteiger partial charge in [0.25, 0.3) is 5.91 Å². The highest BCUT2D eigenvalue weighted by atomic mass is 79.9. The fourth-order valence-electron chi connectivity index (χ4n) is 1.73. The van der Waals surface area contributed by atoms with Crippen molar-refractivity contribution in [2.24, 2.45) is 5.10 Å². The Bertz CT molecular complexity index is 803. The Morgan fingerprint density at radius 2 is 2.09 bits per heavy atom. The second kappa shape index (κ2) is 7.42. The normalized spacial score (nSPS) is 11.6. The summed E-state index contributed by atoms with van der Waals surface area (Å²) in [5.41, 5.74) is 2.64. The monoisotopic (exact) mass is 399 g/mol. The summed E-state index contributed by atoms with van der Waals surface area (Å²) in [5.74, 6) is -0.106. The smallest absolute Gasteiger partial charge is 0.260 e. The number of benzene rings is 1. The summed E-state index contributed by atoms with van der Waals surface area (Å²) in [4.78, 5) is 11.9. The molecule has 9 heteroatoms. The number of nitrogens with one attached hydrogen (secondary N) is 1. The van der Waals surface area contributed by atoms with Crippen LogP contribution in [0.25, 0.3) is 0 Å². The Balaban J connectivity index is 2.10. The summed E-state index contributed by atoms with van der Waals surface area (Å²) < 4.78 is 30.5. The van der Waals surface area contributed by atoms with Crippen LogP contribution in [0.2, 0.25) is 0 Å². The van der Waals surface area contributed by atoms with Crippen molar-refractivity contribution in [2.75, 3.05) is 17.1 Å². The number of carbonyl (C=O) groups is 1. The number of carbonyl (C=O) groups excluding carboxylic acids is 1. The van der Waals surface area contributed by atoms with Crippen LogP contribution in [0, 0.1) is 0 Å². The molecule has 23 heavy (non-hydrogen) atoms. The zero-order valence-electron chi connectivity index (χ0n) is 12.1. The first-order valence-corrected chi connectivity index (χ1v) is 9.09. The topological polar surface area (TPSA) is 92.0 Å². The Kier molecular flexibility index (Phi) is 5.56. The van der Waals surface area contributed by atoms with E-state index in [9.17, 15) is 13.2 Å². The first kappa shape index (κ1) is 17.2. The van der Waals surface area contributed by atoms with Crippen LogP contribution in [0.15, 0.2) is 56.7 Å². The van der Waals surface area contributed by atoms with E-state index in [-0.39, 0.29) is 0 Å². The van der Waals surface area contributed by atoms with Gasteiger partial charge in [0.2, 0.25) is 10.0 Å². The number of para-hydroxylation sites is 1. The minimum absolute atomic E-state index is 0.375. The van der Waals surface area contributed by atoms with Crippen LogP contribution >= 0.6 is 15.9 Å². The molecule has 2 aromatic rings. The van der Waals surface area contributed by atoms with Crippen LogP contribution in [-0.4, -0.2) is 33.3 Å². The maximum atomic E-state index is 12.0. The van der Waals surface area contributed by atoms with E-state index in [0.717, 1.165) is 10.6 Å². The van der Waals surface area contributed by atoms with Crippen LogP contribution in [0.4, 0.5) is 5.69 Å². The lowest BCUT2D eigenvalue weighted by atomic mass is 10.3. The SMILES string of the molecule is CS(=O)(=O)N(CC(=O)NN=Cc1ccco1)c1ccccc1Br. The molecular formula is C14H14BrN3O4S. The fourth-order valence-corrected chi connectivity index (χ4v) is 3.22. The van der Waals surface area contributed by atoms with Crippen LogP contribution in [0.1, 0.15) is 5.76 Å². The zero-order chi connectivity index (χ0) is 16.9. The molecule has 1 aromatic heterocycles. The number of amides is 1. The van der Waals surface area contributed by atoms with Crippen LogP contribution < -0.4 is 9.73 Å². The van der Waals surface area contributed by atoms with E-state index < -0.39 is 22.5 Å². The van der Waals surface area contributed by atoms with Crippen molar-refractivity contribution in [2.45, 2.75) is 0 Å². The van der Waals surface area contributed by atoms with E-state index >= 15 is 0 Å². The van der Waals surface area contributed by atoms with Gasteiger partial charge in [0.05, 0.1) is 24.4 Å². The molecule has 7 nitrogen and oxygen atoms in total. The standard InChI is InChI=1S/C14H14BrN3O4S/c1-23(20,21)18(13-7-3-2-6-12(13)15)10-14(19)17-16-9-11-5-4-8-22-11/h2-9H,10H2,1H3,(H,17,19). The summed E-state index contributed by atoms with van der Waals surface area (Å²) in [6.45, 7) is -0.392. The number of anilines is 1. The molecule has 0 aliphatic heterocycles. The number of sulfonamides is 1. The van der Waals surface area contributed by atoms with Crippen molar-refractivity contribution >= 4 is 43.8 Å². The number of halogens is 1. The lowest BCUT2D eigenvalue weighted by Crippen LogP contribution is -2.39. The molecule has 0 fully saturated rings. The molecule has 1 amide bonds. The molecule has 0 bridgehead atoms. The third kappa shape index (κ3) is 4.93. The quantitative estimate of drug-likeness (QED) is 0.593. The average Bonchev–Trinajstić information content (AvgIpc) is 2.98. The summed E-state index contributed by atoms with van der Waals surface area (Å²) in [5, 5.41) is 3.71. The molecule has 1 N–H and O–H groups in total. The maximum absolute atomic E-state index is 12.0. The largest absolute Gasteiger partial charge is 0.463 e. The first-order chi connectivity index (χ1) is 10.9. The molecule has 122 valence electrons. The van der Waals surface area contributed by atoms with Crippen LogP contribution in [0.3, 0.4) is 0 Å². The first-order valence-electron chi connectivity index (χ1n) is 6.45. The highest BCUT2D eigenvalue weighted by Gasteiger charge is 2.22. The molecule has 0 saturated carbocycles. The van der Waals surface area contributed by atoms with Gasteiger partial charge >= 0.3 is 0 Å². The van der Waals surface area contributed by atoms with E-state index in [1.807, 2.05) is 0 Å². The molecule has 0 atom stereocenters. The van der Waals surface area contributed by atoms with Crippen molar-refractivity contribution in [3.05, 3.63) is 52.9 Å². The second-order valence-electron chi connectivity index (χ2n) is 4.53. The van der Waals surface area contributed by atoms with E-state index in [4.69, 9.17) is 4.42 Å². The lowest BCUT2D eigenvalue weighted by molar-refractivity contribution is -0.119. The van der Waals surface area contributed by atoms with Gasteiger partial charge in [-0.2, -0.15) is 5.10 Å². The molecule has 0 aliphatic carbocycles. The summed E-state index contributed by atoms with van der Waals surface area (Å²) >= 11 is 3.28. The maximum Gasteiger partial charge on any atom is 0.260 e. The third-order valence-corrected chi connectivity index (χ3v) is 4.53. The van der Waals surface area contributed by atoms with Gasteiger partial charge in [-0.1, -0.05) is 12.1 Å². The van der Waals surface area contributed by atoms with Gasteiger partial charge in [-0.25, -0.2) is 13.8 Å². The molecule has 1 heterocycles. The van der Waals surface area contributed by atoms with Crippen LogP contribution in [-0.2, 0) is 14.8 Å². The predicted octanol–water partition coefficient (Wildman–Crippen LogP) is 1.96. The van der Waals surface area contributed by atoms with Gasteiger partial charge in [-0.15, -0.1) is 0 Å². The summed E-state index contributed by atoms with van der Waals surface area (Å²) in [7, 11) is -3.63. The van der Waals surface area contributed by atoms with E-state index in [0.29, 0.717) is 15.9 Å². The molecule has 1 aromatic carbocycles. The van der Waals surface area contributed by atoms with Gasteiger partial charge in [0.1, 0.15) is 12.3 Å². The predicted molar refractivity (Wildman–Crippen MR) is 90.8 cm³/mol. The van der Waals surface area contributed by atoms with Crippen LogP contribution in [0.5, 0.6) is 0 Å². The number of hydrogen-bond acceptors (Lipinski definition) is 5. The number of hydrogen-bond donors (Lipinski definition) is 1. The van der Waals surface area contributed by atoms with Gasteiger partial charge in [0.15, 0.2) is 0 Å². The average molecular weight is 400 g/mol. The van der Waals surface area contributed by atoms with Crippen molar-refractivity contribution in [1.29, 1.82) is 0 Å². The second-order valence-corrected chi connectivity index (χ2v) is 7.29. The van der Waals surface area contributed by atoms with Crippen molar-refractivity contribution in [3.63, 3.8) is 0 Å². The number of nitrogens with zero attached hydrogens (tertiary/aromatic N) is 2. The van der Waals surface area contributed by atoms with E-state index in [1.54, 1.807) is 36.4 Å². The minimum Gasteiger partial charge on any atom is -0.463 e. The molecular weight excluding hydrogens is 386 g/mol. The summed E-state index contributed by atoms with van der Waals surface area (Å²) in [6, 6.07) is 10.1. The molecule has 0 spiro atoms. The third-order valence-electron chi connectivity index (χ3n) is 2.73. The summed E-state index contributed by atoms with van der Waals surface area (Å²) in [6.07, 6.45) is 3.83. The van der Waals surface area contributed by atoms with Gasteiger partial charge < -0.3 is 4.42 Å². The molecule has 0 unspecified atom stereocenters. The highest BCUT2D eigenvalue weighted by Crippen LogP contribution is 2.27. The molecule has 0 radical (unpaired) electrons. The molecule has 2 rings (SSSR count). The Labute approximate surface area is 142 Å². The highest BCUT2D eigenvalue weighted by molar-refractivity contribution is 9.10. The van der Waals surface area contributed by atoms with E-state index in [1.165, 1.54) is 12.5 Å². The van der Waals surface area contributed by atoms with Gasteiger partial charge in [0, 0.05) is 4.47 Å². The number of hydrazone groups is 1. The molecule has 0 saturated heterocycles. The number of furan rings is 1. The number of rotatable bonds is 6. The van der Waals surface area contributed by atoms with E-state index in [2.05, 4.69) is 26.5 Å². The molecule has 0 aliphatic rings. The fraction of sp³-hybridized carbons (Fsp3) is 0.143. The Morgan fingerprint density at radius 1 is 1.35 bits per heavy atom. The van der Waals surface area contributed by atoms with Gasteiger partial charge in [-0.3, -0.25) is 9.10 Å². The Morgan fingerprint density at radius 3 is 2.70 bits per heavy atom. The van der Waals surface area contributed by atoms with Crippen molar-refractivity contribution in [1.82, 2.24) is 5.43 Å². The lowest BCUT2D eigenvalue weighted by Gasteiger charge is -2.22. The van der Waals surface area contributed by atoms with Crippen molar-refractivity contribution in [3.8, 4) is 0 Å². The zero-order valence-corrected chi connectivity index (χ0v) is 14.5. The Hall–Kier alpha value is -2.13.